The first-order chi connectivity index (χ1) is 51.4. The zero-order valence-corrected chi connectivity index (χ0v) is 69.9. The first-order valence-electron chi connectivity index (χ1n) is 37.5. The van der Waals surface area contributed by atoms with Gasteiger partial charge in [-0.3, -0.25) is 19.4 Å². The predicted molar refractivity (Wildman–Crippen MR) is 463 cm³/mol. The molecule has 6 aromatic rings. The van der Waals surface area contributed by atoms with Gasteiger partial charge in [0.05, 0.1) is 65.0 Å². The molecule has 0 radical (unpaired) electrons. The maximum absolute atomic E-state index is 13.6. The van der Waals surface area contributed by atoms with Crippen LogP contribution in [-0.4, -0.2) is 215 Å². The lowest BCUT2D eigenvalue weighted by atomic mass is 9.79. The minimum atomic E-state index is -2.77. The molecule has 2 aliphatic carbocycles. The van der Waals surface area contributed by atoms with Crippen molar-refractivity contribution in [2.75, 3.05) is 165 Å². The number of nitrogens with one attached hydrogen (secondary N) is 4. The number of halogens is 3. The van der Waals surface area contributed by atoms with Crippen LogP contribution in [0.1, 0.15) is 112 Å². The lowest BCUT2D eigenvalue weighted by Gasteiger charge is -2.43. The second-order valence-electron chi connectivity index (χ2n) is 30.5. The summed E-state index contributed by atoms with van der Waals surface area (Å²) in [7, 11) is 1.69. The SMILES string of the molecule is C.C.CCc1cc(Nc2ncc(Cl)c(Nc3ccc(B4OC(C)(C)C(C)(C)O4)cc3P(C)(C)=O)n2)c(OC)cc1N1CCC(N2CCN(C)CC2)CC1.CCc1cc(Nc2ncc(Cl)c(Nc3ccc(C4=CC=CCC4=O)cc3P(C)(C)=O)n2)c(OC)cc1N1CCC(N2CCN(C)CC2)CC1.O=C1CC=CC=C1Br. The van der Waals surface area contributed by atoms with Crippen molar-refractivity contribution in [3.8, 4) is 11.5 Å². The number of nitrogens with zero attached hydrogens (tertiary/aromatic N) is 10. The Morgan fingerprint density at radius 2 is 0.982 bits per heavy atom. The molecule has 0 amide bonds. The molecule has 7 aliphatic rings. The largest absolute Gasteiger partial charge is 0.494 e. The molecule has 13 rings (SSSR count). The van der Waals surface area contributed by atoms with Gasteiger partial charge >= 0.3 is 7.12 Å². The van der Waals surface area contributed by atoms with Gasteiger partial charge < -0.3 is 68.8 Å². The van der Waals surface area contributed by atoms with Gasteiger partial charge in [0.25, 0.3) is 0 Å². The van der Waals surface area contributed by atoms with Crippen LogP contribution in [0.2, 0.25) is 10.0 Å². The Kier molecular flexibility index (Phi) is 29.9. The molecule has 2 aromatic heterocycles. The molecule has 0 bridgehead atoms. The number of aromatic nitrogens is 4. The van der Waals surface area contributed by atoms with Crippen molar-refractivity contribution >= 4 is 151 Å². The molecule has 28 heteroatoms. The van der Waals surface area contributed by atoms with Crippen LogP contribution in [0.25, 0.3) is 5.57 Å². The Morgan fingerprint density at radius 3 is 1.37 bits per heavy atom. The Hall–Kier alpha value is -6.92. The molecular formula is C82H114BBrCl2N14O8P2. The van der Waals surface area contributed by atoms with E-state index >= 15 is 0 Å². The molecule has 0 spiro atoms. The Morgan fingerprint density at radius 1 is 0.564 bits per heavy atom. The van der Waals surface area contributed by atoms with Gasteiger partial charge in [-0.15, -0.1) is 0 Å². The van der Waals surface area contributed by atoms with E-state index in [4.69, 9.17) is 52.0 Å². The van der Waals surface area contributed by atoms with Crippen molar-refractivity contribution in [3.63, 3.8) is 0 Å². The molecule has 5 aliphatic heterocycles. The highest BCUT2D eigenvalue weighted by molar-refractivity contribution is 9.12. The second kappa shape index (κ2) is 37.8. The summed E-state index contributed by atoms with van der Waals surface area (Å²) in [5.74, 6) is 3.07. The first-order valence-corrected chi connectivity index (χ1v) is 44.3. The van der Waals surface area contributed by atoms with Gasteiger partial charge in [0, 0.05) is 143 Å². The third kappa shape index (κ3) is 21.3. The van der Waals surface area contributed by atoms with E-state index in [1.165, 1.54) is 28.7 Å². The van der Waals surface area contributed by atoms with Gasteiger partial charge in [-0.25, -0.2) is 9.97 Å². The van der Waals surface area contributed by atoms with Crippen molar-refractivity contribution < 1.29 is 37.5 Å². The lowest BCUT2D eigenvalue weighted by Crippen LogP contribution is -2.52. The number of ether oxygens (including phenoxy) is 2. The third-order valence-electron chi connectivity index (χ3n) is 21.7. The van der Waals surface area contributed by atoms with Gasteiger partial charge in [0.15, 0.2) is 23.2 Å². The third-order valence-corrected chi connectivity index (χ3v) is 26.1. The highest BCUT2D eigenvalue weighted by Crippen LogP contribution is 2.45. The molecular weight excluding hydrogens is 1530 g/mol. The van der Waals surface area contributed by atoms with E-state index in [1.807, 2.05) is 88.4 Å². The monoisotopic (exact) mass is 1640 g/mol. The zero-order chi connectivity index (χ0) is 77.4. The maximum Gasteiger partial charge on any atom is 0.494 e. The summed E-state index contributed by atoms with van der Waals surface area (Å²) < 4.78 is 52.1. The van der Waals surface area contributed by atoms with E-state index in [0.29, 0.717) is 96.3 Å². The van der Waals surface area contributed by atoms with Crippen molar-refractivity contribution in [1.29, 1.82) is 0 Å². The molecule has 7 heterocycles. The fourth-order valence-electron chi connectivity index (χ4n) is 14.6. The zero-order valence-electron chi connectivity index (χ0n) is 65.0. The fourth-order valence-corrected chi connectivity index (χ4v) is 17.5. The number of benzene rings is 4. The number of rotatable bonds is 20. The first kappa shape index (κ1) is 87.1. The van der Waals surface area contributed by atoms with Gasteiger partial charge in [0.1, 0.15) is 35.8 Å². The van der Waals surface area contributed by atoms with Crippen LogP contribution in [0.15, 0.2) is 114 Å². The van der Waals surface area contributed by atoms with Crippen LogP contribution in [0.5, 0.6) is 11.5 Å². The molecule has 0 saturated carbocycles. The van der Waals surface area contributed by atoms with E-state index in [0.717, 1.165) is 145 Å². The summed E-state index contributed by atoms with van der Waals surface area (Å²) in [6, 6.07) is 21.0. The summed E-state index contributed by atoms with van der Waals surface area (Å²) in [5, 5.41) is 15.3. The highest BCUT2D eigenvalue weighted by Gasteiger charge is 2.52. The van der Waals surface area contributed by atoms with E-state index in [2.05, 4.69) is 129 Å². The minimum absolute atomic E-state index is 0. The number of carbonyl (C=O) groups is 2. The normalized spacial score (nSPS) is 18.7. The molecule has 594 valence electrons. The van der Waals surface area contributed by atoms with Crippen LogP contribution in [0.4, 0.5) is 57.7 Å². The van der Waals surface area contributed by atoms with Crippen LogP contribution in [-0.2, 0) is 40.9 Å². The number of piperidine rings is 2. The number of hydrogen-bond acceptors (Lipinski definition) is 22. The molecule has 0 unspecified atom stereocenters. The van der Waals surface area contributed by atoms with E-state index < -0.39 is 32.6 Å². The average Bonchev–Trinajstić information content (AvgIpc) is 1.58. The van der Waals surface area contributed by atoms with Crippen molar-refractivity contribution in [2.24, 2.45) is 0 Å². The number of ketones is 2. The van der Waals surface area contributed by atoms with Gasteiger partial charge in [-0.2, -0.15) is 9.97 Å². The topological polar surface area (TPSA) is 224 Å². The predicted octanol–water partition coefficient (Wildman–Crippen LogP) is 15.6. The number of methoxy groups -OCH3 is 2. The van der Waals surface area contributed by atoms with Crippen LogP contribution in [0.3, 0.4) is 0 Å². The Bertz CT molecular complexity index is 4470. The van der Waals surface area contributed by atoms with Gasteiger partial charge in [-0.1, -0.05) is 94.4 Å². The van der Waals surface area contributed by atoms with Gasteiger partial charge in [-0.05, 0) is 188 Å². The summed E-state index contributed by atoms with van der Waals surface area (Å²) in [5.41, 5.74) is 8.84. The molecule has 4 N–H and O–H groups in total. The lowest BCUT2D eigenvalue weighted by molar-refractivity contribution is -0.114. The number of Topliss-reactive ketones (excluding diaryl/α,β-unsaturated/α-hetero) is 2. The maximum atomic E-state index is 13.6. The average molecular weight is 1650 g/mol. The molecule has 22 nitrogen and oxygen atoms in total. The van der Waals surface area contributed by atoms with E-state index in [9.17, 15) is 18.7 Å². The summed E-state index contributed by atoms with van der Waals surface area (Å²) in [4.78, 5) is 56.8. The van der Waals surface area contributed by atoms with Crippen LogP contribution < -0.4 is 56.6 Å². The van der Waals surface area contributed by atoms with E-state index in [1.54, 1.807) is 59.2 Å². The van der Waals surface area contributed by atoms with Crippen molar-refractivity contribution in [2.45, 2.75) is 131 Å². The number of aryl methyl sites for hydroxylation is 2. The Labute approximate surface area is 672 Å². The Balaban J connectivity index is 0.000000226. The van der Waals surface area contributed by atoms with Gasteiger partial charge in [0.2, 0.25) is 11.9 Å². The van der Waals surface area contributed by atoms with Crippen molar-refractivity contribution in [1.82, 2.24) is 39.5 Å². The number of anilines is 10. The number of allylic oxidation sites excluding steroid dienone is 8. The number of piperazine rings is 2. The molecule has 110 heavy (non-hydrogen) atoms. The quantitative estimate of drug-likeness (QED) is 0.0412. The second-order valence-corrected chi connectivity index (χ2v) is 38.5. The highest BCUT2D eigenvalue weighted by atomic mass is 79.9. The molecule has 5 fully saturated rings. The number of hydrogen-bond donors (Lipinski definition) is 4. The smallest absolute Gasteiger partial charge is 0.494 e. The standard InChI is InChI=1S/C37H54BClN7O4P.C37H47ClN7O3P.C6H5BrO.2CH4/c1-10-25-21-30(32(48-7)23-31(25)46-15-13-27(14-16-46)45-19-17-44(6)18-20-45)42-35-40-24-28(39)34(43-35)41-29-12-11-26(22-33(29)51(8,9)47)38-49-36(2,3)37(4,5)50-38;1-6-25-21-31(34(48-3)23-32(25)45-15-13-27(14-16-45)44-19-17-43(2)18-20-44)41-37-39-24-29(38)36(42-37)40-30-12-11-26(22-35(30)49(4,5)47)28-9-7-8-10-33(28)46;7-5-3-1-2-4-6(5)8;;/h11-12,21-24,27H,10,13-20H2,1-9H3,(H2,40,41,42,43);7-9,11-12,21-24,27H,6,10,13-20H2,1-5H3,(H2,39,40,41,42);1-3H,4H2;2*1H4. The summed E-state index contributed by atoms with van der Waals surface area (Å²) in [6.07, 6.45) is 21.3. The van der Waals surface area contributed by atoms with Crippen molar-refractivity contribution in [3.05, 3.63) is 141 Å². The molecule has 5 saturated heterocycles. The summed E-state index contributed by atoms with van der Waals surface area (Å²) >= 11 is 16.3. The van der Waals surface area contributed by atoms with Crippen LogP contribution >= 0.6 is 53.4 Å². The van der Waals surface area contributed by atoms with E-state index in [-0.39, 0.29) is 26.4 Å². The minimum Gasteiger partial charge on any atom is -0.494 e. The summed E-state index contributed by atoms with van der Waals surface area (Å²) in [6.45, 7) is 32.6. The molecule has 4 aromatic carbocycles. The molecule has 0 atom stereocenters. The fraction of sp³-hybridized carbons (Fsp3) is 0.488. The number of carbonyl (C=O) groups excluding carboxylic acids is 2. The van der Waals surface area contributed by atoms with Crippen LogP contribution in [0, 0.1) is 0 Å². The number of likely N-dealkylation sites (N-methyl/N-ethyl adjacent to an activating group) is 2.